The van der Waals surface area contributed by atoms with Gasteiger partial charge in [0.2, 0.25) is 0 Å². The van der Waals surface area contributed by atoms with Gasteiger partial charge in [-0.25, -0.2) is 0 Å². The van der Waals surface area contributed by atoms with E-state index in [4.69, 9.17) is 16.7 Å². The maximum Gasteiger partial charge on any atom is 0.313 e. The van der Waals surface area contributed by atoms with Crippen molar-refractivity contribution in [3.8, 4) is 0 Å². The van der Waals surface area contributed by atoms with E-state index in [0.29, 0.717) is 10.6 Å². The van der Waals surface area contributed by atoms with E-state index < -0.39 is 5.97 Å². The van der Waals surface area contributed by atoms with E-state index in [1.54, 1.807) is 18.2 Å². The lowest BCUT2D eigenvalue weighted by atomic mass is 10.0. The van der Waals surface area contributed by atoms with Crippen LogP contribution in [0.4, 0.5) is 0 Å². The number of aliphatic carboxylic acids is 1. The van der Waals surface area contributed by atoms with E-state index in [0.717, 1.165) is 11.1 Å². The van der Waals surface area contributed by atoms with Crippen LogP contribution in [0.3, 0.4) is 0 Å². The van der Waals surface area contributed by atoms with Crippen LogP contribution in [0.2, 0.25) is 5.02 Å². The minimum absolute atomic E-state index is 0.00605. The van der Waals surface area contributed by atoms with Crippen molar-refractivity contribution in [2.24, 2.45) is 0 Å². The summed E-state index contributed by atoms with van der Waals surface area (Å²) in [5.41, 5.74) is 2.58. The van der Waals surface area contributed by atoms with Gasteiger partial charge < -0.3 is 5.11 Å². The number of Topliss-reactive ketones (excluding diaryl/α,β-unsaturated/α-hetero) is 1. The molecule has 5 heteroatoms. The zero-order valence-corrected chi connectivity index (χ0v) is 14.2. The molecule has 0 fully saturated rings. The number of carboxylic acids is 1. The van der Waals surface area contributed by atoms with Gasteiger partial charge in [-0.05, 0) is 30.7 Å². The number of thioether (sulfide) groups is 1. The first kappa shape index (κ1) is 17.6. The average Bonchev–Trinajstić information content (AvgIpc) is 2.52. The molecule has 2 rings (SSSR count). The van der Waals surface area contributed by atoms with Gasteiger partial charge in [0.1, 0.15) is 0 Å². The normalized spacial score (nSPS) is 11.9. The highest BCUT2D eigenvalue weighted by Crippen LogP contribution is 2.34. The average molecular weight is 349 g/mol. The minimum Gasteiger partial charge on any atom is -0.481 e. The molecule has 0 aliphatic rings. The number of hydrogen-bond acceptors (Lipinski definition) is 3. The summed E-state index contributed by atoms with van der Waals surface area (Å²) >= 11 is 7.15. The fourth-order valence-electron chi connectivity index (χ4n) is 2.23. The van der Waals surface area contributed by atoms with E-state index in [2.05, 4.69) is 0 Å². The highest BCUT2D eigenvalue weighted by molar-refractivity contribution is 8.00. The van der Waals surface area contributed by atoms with Gasteiger partial charge in [0, 0.05) is 22.3 Å². The smallest absolute Gasteiger partial charge is 0.313 e. The first-order chi connectivity index (χ1) is 11.0. The Morgan fingerprint density at radius 3 is 2.48 bits per heavy atom. The molecule has 0 aliphatic carbocycles. The van der Waals surface area contributed by atoms with Crippen LogP contribution in [0.1, 0.15) is 33.2 Å². The summed E-state index contributed by atoms with van der Waals surface area (Å²) in [4.78, 5) is 23.4. The molecule has 0 radical (unpaired) electrons. The van der Waals surface area contributed by atoms with Gasteiger partial charge >= 0.3 is 5.97 Å². The number of halogens is 1. The molecule has 2 aromatic carbocycles. The second-order valence-corrected chi connectivity index (χ2v) is 6.87. The zero-order valence-electron chi connectivity index (χ0n) is 12.7. The van der Waals surface area contributed by atoms with Gasteiger partial charge in [-0.2, -0.15) is 0 Å². The summed E-state index contributed by atoms with van der Waals surface area (Å²) in [6.07, 6.45) is 0.253. The number of aryl methyl sites for hydroxylation is 1. The van der Waals surface area contributed by atoms with Crippen molar-refractivity contribution in [1.29, 1.82) is 0 Å². The molecule has 0 spiro atoms. The quantitative estimate of drug-likeness (QED) is 0.731. The van der Waals surface area contributed by atoms with Crippen LogP contribution in [0.15, 0.2) is 48.5 Å². The van der Waals surface area contributed by atoms with Crippen molar-refractivity contribution in [2.45, 2.75) is 18.6 Å². The van der Waals surface area contributed by atoms with E-state index in [9.17, 15) is 9.59 Å². The standard InChI is InChI=1S/C18H17ClO3S/c1-12-3-2-4-14(9-12)16(20)10-17(23-11-18(21)22)13-5-7-15(19)8-6-13/h2-9,17H,10-11H2,1H3,(H,21,22)/t17-/m0/s1. The van der Waals surface area contributed by atoms with Gasteiger partial charge in [-0.1, -0.05) is 47.5 Å². The summed E-state index contributed by atoms with van der Waals surface area (Å²) in [5.74, 6) is -0.933. The Kier molecular flexibility index (Phi) is 6.25. The molecule has 0 saturated heterocycles. The van der Waals surface area contributed by atoms with Gasteiger partial charge in [0.25, 0.3) is 0 Å². The van der Waals surface area contributed by atoms with Crippen molar-refractivity contribution in [3.63, 3.8) is 0 Å². The van der Waals surface area contributed by atoms with E-state index in [1.165, 1.54) is 11.8 Å². The maximum absolute atomic E-state index is 12.5. The summed E-state index contributed by atoms with van der Waals surface area (Å²) in [6, 6.07) is 14.6. The lowest BCUT2D eigenvalue weighted by Crippen LogP contribution is -2.08. The SMILES string of the molecule is Cc1cccc(C(=O)C[C@H](SCC(=O)O)c2ccc(Cl)cc2)c1. The molecule has 0 bridgehead atoms. The molecular weight excluding hydrogens is 332 g/mol. The van der Waals surface area contributed by atoms with Crippen molar-refractivity contribution < 1.29 is 14.7 Å². The van der Waals surface area contributed by atoms with E-state index >= 15 is 0 Å². The summed E-state index contributed by atoms with van der Waals surface area (Å²) in [6.45, 7) is 1.94. The Balaban J connectivity index is 2.18. The van der Waals surface area contributed by atoms with Crippen molar-refractivity contribution in [3.05, 3.63) is 70.2 Å². The van der Waals surface area contributed by atoms with E-state index in [-0.39, 0.29) is 23.2 Å². The number of ketones is 1. The number of carbonyl (C=O) groups is 2. The third-order valence-corrected chi connectivity index (χ3v) is 4.87. The largest absolute Gasteiger partial charge is 0.481 e. The Labute approximate surface area is 144 Å². The molecule has 0 aliphatic heterocycles. The van der Waals surface area contributed by atoms with Crippen molar-refractivity contribution in [2.75, 3.05) is 5.75 Å². The van der Waals surface area contributed by atoms with Crippen LogP contribution in [-0.2, 0) is 4.79 Å². The van der Waals surface area contributed by atoms with Crippen LogP contribution >= 0.6 is 23.4 Å². The van der Waals surface area contributed by atoms with Crippen LogP contribution < -0.4 is 0 Å². The van der Waals surface area contributed by atoms with Crippen molar-refractivity contribution >= 4 is 35.1 Å². The summed E-state index contributed by atoms with van der Waals surface area (Å²) < 4.78 is 0. The molecule has 0 aromatic heterocycles. The topological polar surface area (TPSA) is 54.4 Å². The predicted octanol–water partition coefficient (Wildman–Crippen LogP) is 4.78. The van der Waals surface area contributed by atoms with Crippen LogP contribution in [0.25, 0.3) is 0 Å². The second-order valence-electron chi connectivity index (χ2n) is 5.24. The fourth-order valence-corrected chi connectivity index (χ4v) is 3.32. The lowest BCUT2D eigenvalue weighted by Gasteiger charge is -2.16. The highest BCUT2D eigenvalue weighted by atomic mass is 35.5. The molecule has 1 N–H and O–H groups in total. The number of rotatable bonds is 7. The first-order valence-electron chi connectivity index (χ1n) is 7.14. The molecule has 0 saturated carbocycles. The number of carbonyl (C=O) groups excluding carboxylic acids is 1. The lowest BCUT2D eigenvalue weighted by molar-refractivity contribution is -0.133. The molecule has 0 amide bonds. The molecule has 23 heavy (non-hydrogen) atoms. The van der Waals surface area contributed by atoms with Gasteiger partial charge in [0.15, 0.2) is 5.78 Å². The number of hydrogen-bond donors (Lipinski definition) is 1. The first-order valence-corrected chi connectivity index (χ1v) is 8.57. The molecule has 1 atom stereocenters. The van der Waals surface area contributed by atoms with Gasteiger partial charge in [-0.3, -0.25) is 9.59 Å². The monoisotopic (exact) mass is 348 g/mol. The summed E-state index contributed by atoms with van der Waals surface area (Å²) in [7, 11) is 0. The highest BCUT2D eigenvalue weighted by Gasteiger charge is 2.19. The fraction of sp³-hybridized carbons (Fsp3) is 0.222. The Morgan fingerprint density at radius 2 is 1.87 bits per heavy atom. The zero-order chi connectivity index (χ0) is 16.8. The second kappa shape index (κ2) is 8.18. The maximum atomic E-state index is 12.5. The Hall–Kier alpha value is -1.78. The molecule has 0 heterocycles. The minimum atomic E-state index is -0.892. The molecular formula is C18H17ClO3S. The van der Waals surface area contributed by atoms with Crippen LogP contribution in [0.5, 0.6) is 0 Å². The van der Waals surface area contributed by atoms with Gasteiger partial charge in [0.05, 0.1) is 5.75 Å². The van der Waals surface area contributed by atoms with Gasteiger partial charge in [-0.15, -0.1) is 11.8 Å². The van der Waals surface area contributed by atoms with Crippen LogP contribution in [-0.4, -0.2) is 22.6 Å². The van der Waals surface area contributed by atoms with Crippen molar-refractivity contribution in [1.82, 2.24) is 0 Å². The Bertz CT molecular complexity index is 698. The summed E-state index contributed by atoms with van der Waals surface area (Å²) in [5, 5.41) is 9.31. The number of carboxylic acid groups (broad SMARTS) is 1. The molecule has 0 unspecified atom stereocenters. The third kappa shape index (κ3) is 5.41. The molecule has 3 nitrogen and oxygen atoms in total. The Morgan fingerprint density at radius 1 is 1.17 bits per heavy atom. The predicted molar refractivity (Wildman–Crippen MR) is 94.4 cm³/mol. The molecule has 120 valence electrons. The third-order valence-electron chi connectivity index (χ3n) is 3.36. The van der Waals surface area contributed by atoms with Crippen LogP contribution in [0, 0.1) is 6.92 Å². The number of benzene rings is 2. The molecule has 2 aromatic rings. The van der Waals surface area contributed by atoms with E-state index in [1.807, 2.05) is 37.3 Å².